The molecule has 1 aliphatic rings. The minimum absolute atomic E-state index is 0.0200. The molecule has 18 heavy (non-hydrogen) atoms. The van der Waals surface area contributed by atoms with Crippen molar-refractivity contribution in [2.75, 3.05) is 31.5 Å². The second-order valence-electron chi connectivity index (χ2n) is 4.49. The Balaban J connectivity index is 1.70. The van der Waals surface area contributed by atoms with Crippen molar-refractivity contribution in [2.45, 2.75) is 18.8 Å². The van der Waals surface area contributed by atoms with Crippen LogP contribution in [0.25, 0.3) is 0 Å². The molecule has 1 aliphatic heterocycles. The van der Waals surface area contributed by atoms with Crippen molar-refractivity contribution in [1.82, 2.24) is 9.88 Å². The molecule has 1 fully saturated rings. The Morgan fingerprint density at radius 3 is 2.78 bits per heavy atom. The van der Waals surface area contributed by atoms with Crippen LogP contribution in [0.15, 0.2) is 22.9 Å². The average molecular weight is 320 g/mol. The molecule has 3 nitrogen and oxygen atoms in total. The van der Waals surface area contributed by atoms with Gasteiger partial charge in [-0.3, -0.25) is 0 Å². The van der Waals surface area contributed by atoms with Crippen LogP contribution in [0.5, 0.6) is 0 Å². The normalized spacial score (nSPS) is 19.7. The summed E-state index contributed by atoms with van der Waals surface area (Å²) in [5.41, 5.74) is 0.985. The van der Waals surface area contributed by atoms with Gasteiger partial charge in [-0.1, -0.05) is 0 Å². The van der Waals surface area contributed by atoms with Gasteiger partial charge in [-0.15, -0.1) is 0 Å². The monoisotopic (exact) mass is 319 g/mol. The molecule has 1 N–H and O–H groups in total. The molecule has 2 heterocycles. The van der Waals surface area contributed by atoms with Crippen molar-refractivity contribution >= 4 is 21.6 Å². The highest BCUT2D eigenvalue weighted by molar-refractivity contribution is 9.10. The lowest BCUT2D eigenvalue weighted by Gasteiger charge is -2.31. The van der Waals surface area contributed by atoms with Crippen LogP contribution < -0.4 is 5.32 Å². The van der Waals surface area contributed by atoms with Crippen LogP contribution in [0.4, 0.5) is 14.5 Å². The number of aromatic nitrogens is 1. The van der Waals surface area contributed by atoms with Crippen molar-refractivity contribution in [1.29, 1.82) is 0 Å². The maximum absolute atomic E-state index is 13.0. The molecule has 0 amide bonds. The Morgan fingerprint density at radius 1 is 1.39 bits per heavy atom. The van der Waals surface area contributed by atoms with Gasteiger partial charge < -0.3 is 10.2 Å². The lowest BCUT2D eigenvalue weighted by Crippen LogP contribution is -2.41. The van der Waals surface area contributed by atoms with Gasteiger partial charge in [-0.25, -0.2) is 13.8 Å². The van der Waals surface area contributed by atoms with Gasteiger partial charge in [0.2, 0.25) is 0 Å². The van der Waals surface area contributed by atoms with E-state index < -0.39 is 5.92 Å². The quantitative estimate of drug-likeness (QED) is 0.865. The van der Waals surface area contributed by atoms with Gasteiger partial charge in [0.1, 0.15) is 4.60 Å². The fraction of sp³-hybridized carbons (Fsp3) is 0.583. The molecular weight excluding hydrogens is 304 g/mol. The number of hydrogen-bond acceptors (Lipinski definition) is 3. The van der Waals surface area contributed by atoms with Crippen LogP contribution in [0.3, 0.4) is 0 Å². The Morgan fingerprint density at radius 2 is 2.11 bits per heavy atom. The molecule has 2 rings (SSSR count). The lowest BCUT2D eigenvalue weighted by molar-refractivity contribution is -0.0543. The fourth-order valence-electron chi connectivity index (χ4n) is 1.97. The first-order valence-electron chi connectivity index (χ1n) is 6.01. The molecule has 1 aromatic rings. The summed E-state index contributed by atoms with van der Waals surface area (Å²) < 4.78 is 26.7. The Kier molecular flexibility index (Phi) is 4.50. The second-order valence-corrected chi connectivity index (χ2v) is 5.30. The van der Waals surface area contributed by atoms with Crippen molar-refractivity contribution in [2.24, 2.45) is 0 Å². The Labute approximate surface area is 114 Å². The van der Waals surface area contributed by atoms with Crippen LogP contribution in [0, 0.1) is 0 Å². The first-order valence-corrected chi connectivity index (χ1v) is 6.80. The van der Waals surface area contributed by atoms with Gasteiger partial charge in [0, 0.05) is 50.9 Å². The molecule has 0 radical (unpaired) electrons. The SMILES string of the molecule is FC1(F)CCN(CCNc2ccnc(Br)c2)CC1. The van der Waals surface area contributed by atoms with Gasteiger partial charge in [-0.2, -0.15) is 0 Å². The smallest absolute Gasteiger partial charge is 0.250 e. The van der Waals surface area contributed by atoms with E-state index >= 15 is 0 Å². The zero-order valence-corrected chi connectivity index (χ0v) is 11.6. The Hall–Kier alpha value is -0.750. The van der Waals surface area contributed by atoms with Gasteiger partial charge >= 0.3 is 0 Å². The summed E-state index contributed by atoms with van der Waals surface area (Å²) in [6.07, 6.45) is 1.68. The average Bonchev–Trinajstić information content (AvgIpc) is 2.31. The zero-order valence-electron chi connectivity index (χ0n) is 10.0. The summed E-state index contributed by atoms with van der Waals surface area (Å²) in [6.45, 7) is 2.50. The third kappa shape index (κ3) is 4.17. The Bertz CT molecular complexity index is 391. The maximum atomic E-state index is 13.0. The van der Waals surface area contributed by atoms with E-state index in [1.165, 1.54) is 0 Å². The molecule has 0 atom stereocenters. The third-order valence-electron chi connectivity index (χ3n) is 3.07. The number of alkyl halides is 2. The van der Waals surface area contributed by atoms with E-state index in [1.807, 2.05) is 12.1 Å². The zero-order chi connectivity index (χ0) is 13.0. The molecule has 100 valence electrons. The number of halogens is 3. The highest BCUT2D eigenvalue weighted by atomic mass is 79.9. The topological polar surface area (TPSA) is 28.2 Å². The first kappa shape index (κ1) is 13.7. The highest BCUT2D eigenvalue weighted by Crippen LogP contribution is 2.27. The van der Waals surface area contributed by atoms with Crippen molar-refractivity contribution < 1.29 is 8.78 Å². The third-order valence-corrected chi connectivity index (χ3v) is 3.50. The molecule has 0 bridgehead atoms. The van der Waals surface area contributed by atoms with Crippen LogP contribution in [0.2, 0.25) is 0 Å². The predicted octanol–water partition coefficient (Wildman–Crippen LogP) is 2.99. The molecular formula is C12H16BrF2N3. The highest BCUT2D eigenvalue weighted by Gasteiger charge is 2.33. The van der Waals surface area contributed by atoms with Crippen molar-refractivity contribution in [3.05, 3.63) is 22.9 Å². The van der Waals surface area contributed by atoms with E-state index in [4.69, 9.17) is 0 Å². The first-order chi connectivity index (χ1) is 8.55. The molecule has 1 aromatic heterocycles. The molecule has 0 aliphatic carbocycles. The summed E-state index contributed by atoms with van der Waals surface area (Å²) >= 11 is 3.30. The number of rotatable bonds is 4. The number of pyridine rings is 1. The standard InChI is InChI=1S/C12H16BrF2N3/c13-11-9-10(1-4-17-11)16-5-8-18-6-2-12(14,15)3-7-18/h1,4,9H,2-3,5-8H2,(H,16,17). The fourth-order valence-corrected chi connectivity index (χ4v) is 2.34. The van der Waals surface area contributed by atoms with E-state index in [-0.39, 0.29) is 12.8 Å². The summed E-state index contributed by atoms with van der Waals surface area (Å²) in [4.78, 5) is 6.11. The summed E-state index contributed by atoms with van der Waals surface area (Å²) in [5.74, 6) is -2.46. The summed E-state index contributed by atoms with van der Waals surface area (Å²) in [7, 11) is 0. The number of piperidine rings is 1. The maximum Gasteiger partial charge on any atom is 0.250 e. The van der Waals surface area contributed by atoms with Gasteiger partial charge in [0.15, 0.2) is 0 Å². The molecule has 0 spiro atoms. The van der Waals surface area contributed by atoms with Crippen molar-refractivity contribution in [3.63, 3.8) is 0 Å². The lowest BCUT2D eigenvalue weighted by atomic mass is 10.1. The largest absolute Gasteiger partial charge is 0.384 e. The summed E-state index contributed by atoms with van der Waals surface area (Å²) in [6, 6.07) is 3.78. The molecule has 0 aromatic carbocycles. The van der Waals surface area contributed by atoms with Crippen LogP contribution in [-0.2, 0) is 0 Å². The number of hydrogen-bond donors (Lipinski definition) is 1. The number of anilines is 1. The number of likely N-dealkylation sites (tertiary alicyclic amines) is 1. The minimum atomic E-state index is -2.46. The number of nitrogens with one attached hydrogen (secondary N) is 1. The minimum Gasteiger partial charge on any atom is -0.384 e. The van der Waals surface area contributed by atoms with E-state index in [0.29, 0.717) is 13.1 Å². The van der Waals surface area contributed by atoms with Gasteiger partial charge in [-0.05, 0) is 28.1 Å². The van der Waals surface area contributed by atoms with Crippen LogP contribution in [0.1, 0.15) is 12.8 Å². The van der Waals surface area contributed by atoms with Gasteiger partial charge in [0.05, 0.1) is 0 Å². The van der Waals surface area contributed by atoms with Crippen LogP contribution >= 0.6 is 15.9 Å². The van der Waals surface area contributed by atoms with E-state index in [1.54, 1.807) is 6.20 Å². The number of nitrogens with zero attached hydrogens (tertiary/aromatic N) is 2. The van der Waals surface area contributed by atoms with Crippen LogP contribution in [-0.4, -0.2) is 42.0 Å². The van der Waals surface area contributed by atoms with Gasteiger partial charge in [0.25, 0.3) is 5.92 Å². The second kappa shape index (κ2) is 5.93. The molecule has 1 saturated heterocycles. The summed E-state index contributed by atoms with van der Waals surface area (Å²) in [5, 5.41) is 3.25. The van der Waals surface area contributed by atoms with E-state index in [2.05, 4.69) is 31.1 Å². The van der Waals surface area contributed by atoms with E-state index in [9.17, 15) is 8.78 Å². The van der Waals surface area contributed by atoms with E-state index in [0.717, 1.165) is 23.4 Å². The molecule has 0 unspecified atom stereocenters. The molecule has 6 heteroatoms. The molecule has 0 saturated carbocycles. The predicted molar refractivity (Wildman–Crippen MR) is 71.0 cm³/mol. The van der Waals surface area contributed by atoms with Crippen molar-refractivity contribution in [3.8, 4) is 0 Å².